The van der Waals surface area contributed by atoms with Gasteiger partial charge in [-0.1, -0.05) is 13.3 Å². The Morgan fingerprint density at radius 1 is 1.23 bits per heavy atom. The van der Waals surface area contributed by atoms with E-state index in [0.717, 1.165) is 45.6 Å². The van der Waals surface area contributed by atoms with Crippen LogP contribution in [-0.2, 0) is 14.3 Å². The van der Waals surface area contributed by atoms with Crippen molar-refractivity contribution in [2.75, 3.05) is 32.8 Å². The molecule has 0 bridgehead atoms. The van der Waals surface area contributed by atoms with Crippen LogP contribution in [0.2, 0.25) is 0 Å². The van der Waals surface area contributed by atoms with Crippen molar-refractivity contribution in [2.24, 2.45) is 5.92 Å². The molecule has 0 aromatic heterocycles. The Hall–Kier alpha value is -0.940. The number of amides is 1. The van der Waals surface area contributed by atoms with E-state index in [1.807, 2.05) is 6.92 Å². The molecule has 0 unspecified atom stereocenters. The van der Waals surface area contributed by atoms with Gasteiger partial charge >= 0.3 is 0 Å². The highest BCUT2D eigenvalue weighted by Crippen LogP contribution is 2.15. The lowest BCUT2D eigenvalue weighted by Gasteiger charge is -2.40. The number of rotatable bonds is 9. The quantitative estimate of drug-likeness (QED) is 0.662. The maximum atomic E-state index is 11.9. The number of ether oxygens (including phenoxy) is 1. The zero-order chi connectivity index (χ0) is 16.6. The van der Waals surface area contributed by atoms with Gasteiger partial charge in [-0.05, 0) is 33.6 Å². The molecule has 5 heteroatoms. The molecule has 0 aliphatic carbocycles. The summed E-state index contributed by atoms with van der Waals surface area (Å²) in [4.78, 5) is 25.4. The molecular weight excluding hydrogens is 280 g/mol. The fourth-order valence-corrected chi connectivity index (χ4v) is 2.62. The van der Waals surface area contributed by atoms with Gasteiger partial charge in [-0.15, -0.1) is 0 Å². The van der Waals surface area contributed by atoms with Gasteiger partial charge in [0.15, 0.2) is 0 Å². The van der Waals surface area contributed by atoms with Gasteiger partial charge in [0.25, 0.3) is 0 Å². The summed E-state index contributed by atoms with van der Waals surface area (Å²) in [6.45, 7) is 11.9. The summed E-state index contributed by atoms with van der Waals surface area (Å²) in [7, 11) is 0. The molecule has 1 rings (SSSR count). The van der Waals surface area contributed by atoms with Crippen LogP contribution in [0.4, 0.5) is 0 Å². The average Bonchev–Trinajstić information content (AvgIpc) is 2.50. The Morgan fingerprint density at radius 2 is 1.86 bits per heavy atom. The number of hydrogen-bond acceptors (Lipinski definition) is 4. The van der Waals surface area contributed by atoms with Crippen molar-refractivity contribution in [3.05, 3.63) is 0 Å². The molecule has 0 spiro atoms. The molecule has 0 saturated carbocycles. The molecule has 1 aliphatic heterocycles. The number of ketones is 1. The number of carbonyl (C=O) groups is 2. The molecule has 22 heavy (non-hydrogen) atoms. The molecular formula is C17H32N2O3. The summed E-state index contributed by atoms with van der Waals surface area (Å²) in [5, 5.41) is 3.04. The summed E-state index contributed by atoms with van der Waals surface area (Å²) in [5.74, 6) is 0.455. The summed E-state index contributed by atoms with van der Waals surface area (Å²) in [6.07, 6.45) is 3.20. The third-order valence-electron chi connectivity index (χ3n) is 4.57. The third-order valence-corrected chi connectivity index (χ3v) is 4.57. The Labute approximate surface area is 134 Å². The van der Waals surface area contributed by atoms with Crippen LogP contribution in [0.5, 0.6) is 0 Å². The highest BCUT2D eigenvalue weighted by molar-refractivity contribution is 5.77. The van der Waals surface area contributed by atoms with Crippen LogP contribution < -0.4 is 5.32 Å². The first-order valence-corrected chi connectivity index (χ1v) is 8.43. The Balaban J connectivity index is 2.17. The van der Waals surface area contributed by atoms with E-state index in [0.29, 0.717) is 13.0 Å². The predicted octanol–water partition coefficient (Wildman–Crippen LogP) is 2.00. The summed E-state index contributed by atoms with van der Waals surface area (Å²) in [5.41, 5.74) is -0.0391. The monoisotopic (exact) mass is 312 g/mol. The van der Waals surface area contributed by atoms with Crippen LogP contribution >= 0.6 is 0 Å². The molecule has 1 atom stereocenters. The highest BCUT2D eigenvalue weighted by Gasteiger charge is 2.28. The third kappa shape index (κ3) is 6.88. The fourth-order valence-electron chi connectivity index (χ4n) is 2.62. The molecule has 1 fully saturated rings. The van der Waals surface area contributed by atoms with E-state index in [1.165, 1.54) is 0 Å². The molecule has 128 valence electrons. The van der Waals surface area contributed by atoms with Gasteiger partial charge in [-0.3, -0.25) is 14.5 Å². The van der Waals surface area contributed by atoms with Gasteiger partial charge in [0.1, 0.15) is 5.78 Å². The molecule has 1 amide bonds. The van der Waals surface area contributed by atoms with E-state index in [-0.39, 0.29) is 23.1 Å². The molecule has 0 radical (unpaired) electrons. The van der Waals surface area contributed by atoms with Crippen molar-refractivity contribution in [1.29, 1.82) is 0 Å². The predicted molar refractivity (Wildman–Crippen MR) is 87.8 cm³/mol. The molecule has 1 heterocycles. The largest absolute Gasteiger partial charge is 0.379 e. The molecule has 1 aliphatic rings. The van der Waals surface area contributed by atoms with Crippen molar-refractivity contribution < 1.29 is 14.3 Å². The van der Waals surface area contributed by atoms with Gasteiger partial charge in [0, 0.05) is 37.5 Å². The second-order valence-electron chi connectivity index (χ2n) is 6.95. The van der Waals surface area contributed by atoms with Gasteiger partial charge in [0.05, 0.1) is 13.2 Å². The lowest BCUT2D eigenvalue weighted by atomic mass is 9.99. The zero-order valence-corrected chi connectivity index (χ0v) is 14.6. The minimum absolute atomic E-state index is 0.0391. The zero-order valence-electron chi connectivity index (χ0n) is 14.6. The second kappa shape index (κ2) is 9.26. The van der Waals surface area contributed by atoms with Crippen LogP contribution in [0, 0.1) is 5.92 Å². The van der Waals surface area contributed by atoms with Crippen molar-refractivity contribution in [3.63, 3.8) is 0 Å². The lowest BCUT2D eigenvalue weighted by Crippen LogP contribution is -2.55. The number of morpholine rings is 1. The standard InChI is InChI=1S/C17H32N2O3/c1-14(15(2)20)7-5-6-8-16(21)18-13-17(3,4)19-9-11-22-12-10-19/h14H,5-13H2,1-4H3,(H,18,21)/t14-/m0/s1. The van der Waals surface area contributed by atoms with Crippen LogP contribution in [0.15, 0.2) is 0 Å². The first-order chi connectivity index (χ1) is 10.3. The smallest absolute Gasteiger partial charge is 0.220 e. The maximum absolute atomic E-state index is 11.9. The summed E-state index contributed by atoms with van der Waals surface area (Å²) >= 11 is 0. The summed E-state index contributed by atoms with van der Waals surface area (Å²) in [6, 6.07) is 0. The van der Waals surface area contributed by atoms with Crippen LogP contribution in [0.1, 0.15) is 53.4 Å². The number of nitrogens with one attached hydrogen (secondary N) is 1. The molecule has 1 saturated heterocycles. The van der Waals surface area contributed by atoms with Gasteiger partial charge in [-0.25, -0.2) is 0 Å². The fraction of sp³-hybridized carbons (Fsp3) is 0.882. The lowest BCUT2D eigenvalue weighted by molar-refractivity contribution is -0.122. The Kier molecular flexibility index (Phi) is 8.04. The van der Waals surface area contributed by atoms with Crippen LogP contribution in [0.3, 0.4) is 0 Å². The minimum atomic E-state index is -0.0391. The topological polar surface area (TPSA) is 58.6 Å². The number of unbranched alkanes of at least 4 members (excludes halogenated alkanes) is 1. The number of Topliss-reactive ketones (excluding diaryl/α,β-unsaturated/α-hetero) is 1. The molecule has 0 aromatic carbocycles. The summed E-state index contributed by atoms with van der Waals surface area (Å²) < 4.78 is 5.37. The highest BCUT2D eigenvalue weighted by atomic mass is 16.5. The van der Waals surface area contributed by atoms with E-state index in [9.17, 15) is 9.59 Å². The van der Waals surface area contributed by atoms with Crippen molar-refractivity contribution >= 4 is 11.7 Å². The van der Waals surface area contributed by atoms with E-state index < -0.39 is 0 Å². The van der Waals surface area contributed by atoms with E-state index in [2.05, 4.69) is 24.1 Å². The van der Waals surface area contributed by atoms with Gasteiger partial charge in [-0.2, -0.15) is 0 Å². The Morgan fingerprint density at radius 3 is 2.45 bits per heavy atom. The molecule has 1 N–H and O–H groups in total. The Bertz CT molecular complexity index is 363. The van der Waals surface area contributed by atoms with E-state index in [4.69, 9.17) is 4.74 Å². The van der Waals surface area contributed by atoms with E-state index >= 15 is 0 Å². The van der Waals surface area contributed by atoms with Crippen molar-refractivity contribution in [3.8, 4) is 0 Å². The SMILES string of the molecule is CC(=O)[C@@H](C)CCCCC(=O)NCC(C)(C)N1CCOCC1. The van der Waals surface area contributed by atoms with Crippen LogP contribution in [-0.4, -0.2) is 55.0 Å². The van der Waals surface area contributed by atoms with Gasteiger partial charge in [0.2, 0.25) is 5.91 Å². The molecule has 0 aromatic rings. The molecule has 5 nitrogen and oxygen atoms in total. The second-order valence-corrected chi connectivity index (χ2v) is 6.95. The number of hydrogen-bond donors (Lipinski definition) is 1. The first-order valence-electron chi connectivity index (χ1n) is 8.43. The van der Waals surface area contributed by atoms with Gasteiger partial charge < -0.3 is 10.1 Å². The number of carbonyl (C=O) groups excluding carboxylic acids is 2. The normalized spacial score (nSPS) is 18.0. The average molecular weight is 312 g/mol. The van der Waals surface area contributed by atoms with Crippen LogP contribution in [0.25, 0.3) is 0 Å². The number of nitrogens with zero attached hydrogens (tertiary/aromatic N) is 1. The van der Waals surface area contributed by atoms with E-state index in [1.54, 1.807) is 6.92 Å². The minimum Gasteiger partial charge on any atom is -0.379 e. The maximum Gasteiger partial charge on any atom is 0.220 e. The van der Waals surface area contributed by atoms with Crippen molar-refractivity contribution in [2.45, 2.75) is 58.9 Å². The van der Waals surface area contributed by atoms with Crippen molar-refractivity contribution in [1.82, 2.24) is 10.2 Å². The first kappa shape index (κ1) is 19.1.